The smallest absolute Gasteiger partial charge is 0.320 e. The zero-order valence-electron chi connectivity index (χ0n) is 9.19. The van der Waals surface area contributed by atoms with E-state index in [9.17, 15) is 4.79 Å². The Bertz CT molecular complexity index is 219. The lowest BCUT2D eigenvalue weighted by Gasteiger charge is -2.05. The number of hydrogen-bond acceptors (Lipinski definition) is 4. The van der Waals surface area contributed by atoms with Gasteiger partial charge in [0.25, 0.3) is 0 Å². The molecule has 0 bridgehead atoms. The van der Waals surface area contributed by atoms with Gasteiger partial charge in [-0.2, -0.15) is 0 Å². The Morgan fingerprint density at radius 2 is 2.27 bits per heavy atom. The number of hydroxylamine groups is 1. The minimum atomic E-state index is -0.948. The highest BCUT2D eigenvalue weighted by atomic mass is 16.6. The van der Waals surface area contributed by atoms with Crippen molar-refractivity contribution in [3.63, 3.8) is 0 Å². The van der Waals surface area contributed by atoms with Crippen molar-refractivity contribution in [3.8, 4) is 0 Å². The molecule has 0 radical (unpaired) electrons. The van der Waals surface area contributed by atoms with Gasteiger partial charge in [-0.05, 0) is 26.2 Å². The molecule has 0 aromatic heterocycles. The molecule has 0 aliphatic rings. The number of amidine groups is 1. The second-order valence-corrected chi connectivity index (χ2v) is 3.21. The van der Waals surface area contributed by atoms with Gasteiger partial charge in [0.2, 0.25) is 0 Å². The van der Waals surface area contributed by atoms with E-state index in [1.807, 2.05) is 0 Å². The summed E-state index contributed by atoms with van der Waals surface area (Å²) in [5, 5.41) is 8.52. The Morgan fingerprint density at radius 3 is 2.80 bits per heavy atom. The van der Waals surface area contributed by atoms with E-state index in [0.717, 1.165) is 12.8 Å². The highest BCUT2D eigenvalue weighted by Crippen LogP contribution is 1.99. The van der Waals surface area contributed by atoms with Crippen LogP contribution in [-0.2, 0) is 9.63 Å². The molecule has 0 aliphatic carbocycles. The van der Waals surface area contributed by atoms with Gasteiger partial charge in [0.1, 0.15) is 11.9 Å². The van der Waals surface area contributed by atoms with Crippen LogP contribution in [0.1, 0.15) is 26.2 Å². The van der Waals surface area contributed by atoms with Gasteiger partial charge in [-0.15, -0.1) is 0 Å². The Labute approximate surface area is 89.5 Å². The van der Waals surface area contributed by atoms with Crippen molar-refractivity contribution in [2.75, 3.05) is 13.7 Å². The maximum absolute atomic E-state index is 10.4. The number of nitrogens with zero attached hydrogens (tertiary/aromatic N) is 1. The van der Waals surface area contributed by atoms with Crippen molar-refractivity contribution in [1.29, 1.82) is 0 Å². The fourth-order valence-corrected chi connectivity index (χ4v) is 1.03. The summed E-state index contributed by atoms with van der Waals surface area (Å²) in [6.07, 6.45) is 2.07. The molecular weight excluding hydrogens is 198 g/mol. The molecule has 0 aromatic carbocycles. The number of aliphatic imine (C=N–C) groups is 1. The van der Waals surface area contributed by atoms with Gasteiger partial charge in [0.05, 0.1) is 7.11 Å². The summed E-state index contributed by atoms with van der Waals surface area (Å²) >= 11 is 0. The molecule has 0 amide bonds. The molecule has 6 nitrogen and oxygen atoms in total. The lowest BCUT2D eigenvalue weighted by Crippen LogP contribution is -2.29. The first-order chi connectivity index (χ1) is 7.07. The van der Waals surface area contributed by atoms with Crippen LogP contribution < -0.4 is 11.2 Å². The van der Waals surface area contributed by atoms with Crippen LogP contribution in [0, 0.1) is 0 Å². The summed E-state index contributed by atoms with van der Waals surface area (Å²) < 4.78 is 0. The standard InChI is InChI=1S/C9H19N3O3/c1-7(12-15-2)11-6-4-3-5-8(10)9(13)14/h8H,3-6,10H2,1-2H3,(H,11,12)(H,13,14). The van der Waals surface area contributed by atoms with Gasteiger partial charge in [0, 0.05) is 6.54 Å². The molecule has 88 valence electrons. The molecule has 0 saturated carbocycles. The third-order valence-electron chi connectivity index (χ3n) is 1.84. The van der Waals surface area contributed by atoms with Gasteiger partial charge >= 0.3 is 5.97 Å². The van der Waals surface area contributed by atoms with Gasteiger partial charge in [-0.3, -0.25) is 20.1 Å². The summed E-state index contributed by atoms with van der Waals surface area (Å²) in [5.41, 5.74) is 7.93. The average Bonchev–Trinajstić information content (AvgIpc) is 2.17. The van der Waals surface area contributed by atoms with Gasteiger partial charge in [-0.25, -0.2) is 0 Å². The van der Waals surface area contributed by atoms with E-state index < -0.39 is 12.0 Å². The number of aliphatic carboxylic acids is 1. The van der Waals surface area contributed by atoms with E-state index in [1.165, 1.54) is 7.11 Å². The van der Waals surface area contributed by atoms with Crippen molar-refractivity contribution < 1.29 is 14.7 Å². The molecule has 6 heteroatoms. The Kier molecular flexibility index (Phi) is 7.57. The molecule has 1 unspecified atom stereocenters. The van der Waals surface area contributed by atoms with E-state index in [-0.39, 0.29) is 0 Å². The number of rotatable bonds is 7. The highest BCUT2D eigenvalue weighted by molar-refractivity contribution is 5.78. The molecule has 0 spiro atoms. The molecule has 4 N–H and O–H groups in total. The third kappa shape index (κ3) is 7.90. The topological polar surface area (TPSA) is 96.9 Å². The number of unbranched alkanes of at least 4 members (excludes halogenated alkanes) is 1. The molecule has 0 aliphatic heterocycles. The summed E-state index contributed by atoms with van der Waals surface area (Å²) in [5.74, 6) is -0.240. The predicted molar refractivity (Wildman–Crippen MR) is 57.6 cm³/mol. The van der Waals surface area contributed by atoms with Gasteiger partial charge < -0.3 is 10.8 Å². The molecule has 0 aromatic rings. The van der Waals surface area contributed by atoms with Crippen LogP contribution in [0.25, 0.3) is 0 Å². The SMILES string of the molecule is CONC(C)=NCCCCC(N)C(=O)O. The quantitative estimate of drug-likeness (QED) is 0.244. The van der Waals surface area contributed by atoms with Crippen LogP contribution in [0.4, 0.5) is 0 Å². The summed E-state index contributed by atoms with van der Waals surface area (Å²) in [6.45, 7) is 2.45. The lowest BCUT2D eigenvalue weighted by molar-refractivity contribution is -0.138. The highest BCUT2D eigenvalue weighted by Gasteiger charge is 2.09. The summed E-state index contributed by atoms with van der Waals surface area (Å²) in [7, 11) is 1.52. The Morgan fingerprint density at radius 1 is 1.60 bits per heavy atom. The van der Waals surface area contributed by atoms with Gasteiger partial charge in [-0.1, -0.05) is 0 Å². The number of nitrogens with two attached hydrogens (primary N) is 1. The Hall–Kier alpha value is -1.14. The number of nitrogens with one attached hydrogen (secondary N) is 1. The predicted octanol–water partition coefficient (Wildman–Crippen LogP) is 0.138. The first-order valence-corrected chi connectivity index (χ1v) is 4.86. The molecule has 0 saturated heterocycles. The minimum absolute atomic E-state index is 0.488. The number of carbonyl (C=O) groups is 1. The zero-order valence-corrected chi connectivity index (χ0v) is 9.19. The van der Waals surface area contributed by atoms with Crippen molar-refractivity contribution in [2.45, 2.75) is 32.2 Å². The molecule has 0 fully saturated rings. The van der Waals surface area contributed by atoms with E-state index in [1.54, 1.807) is 6.92 Å². The monoisotopic (exact) mass is 217 g/mol. The molecule has 15 heavy (non-hydrogen) atoms. The first-order valence-electron chi connectivity index (χ1n) is 4.86. The number of carboxylic acids is 1. The maximum atomic E-state index is 10.4. The van der Waals surface area contributed by atoms with Crippen molar-refractivity contribution in [1.82, 2.24) is 5.48 Å². The molecule has 0 rings (SSSR count). The van der Waals surface area contributed by atoms with E-state index >= 15 is 0 Å². The normalized spacial score (nSPS) is 13.7. The fourth-order valence-electron chi connectivity index (χ4n) is 1.03. The van der Waals surface area contributed by atoms with Crippen molar-refractivity contribution >= 4 is 11.8 Å². The molecular formula is C9H19N3O3. The second kappa shape index (κ2) is 8.19. The van der Waals surface area contributed by atoms with Crippen LogP contribution in [-0.4, -0.2) is 36.6 Å². The van der Waals surface area contributed by atoms with Crippen LogP contribution in [0.15, 0.2) is 4.99 Å². The maximum Gasteiger partial charge on any atom is 0.320 e. The second-order valence-electron chi connectivity index (χ2n) is 3.21. The summed E-state index contributed by atoms with van der Waals surface area (Å²) in [4.78, 5) is 19.2. The van der Waals surface area contributed by atoms with Crippen molar-refractivity contribution in [3.05, 3.63) is 0 Å². The van der Waals surface area contributed by atoms with E-state index in [0.29, 0.717) is 18.8 Å². The average molecular weight is 217 g/mol. The van der Waals surface area contributed by atoms with Crippen LogP contribution in [0.2, 0.25) is 0 Å². The number of hydrogen-bond donors (Lipinski definition) is 3. The lowest BCUT2D eigenvalue weighted by atomic mass is 10.1. The fraction of sp³-hybridized carbons (Fsp3) is 0.778. The van der Waals surface area contributed by atoms with Gasteiger partial charge in [0.15, 0.2) is 0 Å². The van der Waals surface area contributed by atoms with E-state index in [2.05, 4.69) is 15.3 Å². The minimum Gasteiger partial charge on any atom is -0.480 e. The third-order valence-corrected chi connectivity index (χ3v) is 1.84. The van der Waals surface area contributed by atoms with E-state index in [4.69, 9.17) is 10.8 Å². The van der Waals surface area contributed by atoms with Crippen LogP contribution >= 0.6 is 0 Å². The first kappa shape index (κ1) is 13.9. The van der Waals surface area contributed by atoms with Crippen LogP contribution in [0.3, 0.4) is 0 Å². The Balaban J connectivity index is 3.47. The molecule has 1 atom stereocenters. The summed E-state index contributed by atoms with van der Waals surface area (Å²) in [6, 6.07) is -0.757. The van der Waals surface area contributed by atoms with Crippen LogP contribution in [0.5, 0.6) is 0 Å². The largest absolute Gasteiger partial charge is 0.480 e. The zero-order chi connectivity index (χ0) is 11.7. The molecule has 0 heterocycles. The van der Waals surface area contributed by atoms with Crippen molar-refractivity contribution in [2.24, 2.45) is 10.7 Å². The number of carboxylic acid groups (broad SMARTS) is 1.